The molecule has 0 aliphatic carbocycles. The van der Waals surface area contributed by atoms with Gasteiger partial charge in [0, 0.05) is 25.3 Å². The molecule has 1 heterocycles. The maximum absolute atomic E-state index is 12.2. The summed E-state index contributed by atoms with van der Waals surface area (Å²) in [6, 6.07) is 7.52. The van der Waals surface area contributed by atoms with E-state index in [1.165, 1.54) is 0 Å². The van der Waals surface area contributed by atoms with Crippen molar-refractivity contribution in [2.75, 3.05) is 25.4 Å². The number of nitrogens with two attached hydrogens (primary N) is 1. The zero-order valence-electron chi connectivity index (χ0n) is 12.1. The molecule has 2 rings (SSSR count). The number of halogens is 1. The maximum atomic E-state index is 12.2. The molecule has 0 amide bonds. The van der Waals surface area contributed by atoms with Gasteiger partial charge < -0.3 is 5.73 Å². The highest BCUT2D eigenvalue weighted by Gasteiger charge is 2.21. The van der Waals surface area contributed by atoms with E-state index in [0.717, 1.165) is 36.9 Å². The van der Waals surface area contributed by atoms with Gasteiger partial charge >= 0.3 is 0 Å². The molecule has 0 spiro atoms. The number of nitrogens with one attached hydrogen (secondary N) is 1. The molecule has 120 valence electrons. The molecule has 1 aromatic rings. The van der Waals surface area contributed by atoms with Gasteiger partial charge in [-0.1, -0.05) is 25.0 Å². The zero-order valence-corrected chi connectivity index (χ0v) is 13.8. The number of benzene rings is 1. The molecular formula is C14H24ClN3O2S. The second kappa shape index (κ2) is 8.58. The second-order valence-corrected chi connectivity index (χ2v) is 6.96. The molecule has 0 bridgehead atoms. The third kappa shape index (κ3) is 5.82. The first kappa shape index (κ1) is 18.2. The van der Waals surface area contributed by atoms with E-state index in [0.29, 0.717) is 26.1 Å². The van der Waals surface area contributed by atoms with Crippen LogP contribution in [0.1, 0.15) is 31.2 Å². The number of hydrogen-bond acceptors (Lipinski definition) is 3. The van der Waals surface area contributed by atoms with Gasteiger partial charge in [-0.2, -0.15) is 12.7 Å². The molecule has 1 aromatic carbocycles. The van der Waals surface area contributed by atoms with Crippen molar-refractivity contribution in [1.29, 1.82) is 0 Å². The first-order chi connectivity index (χ1) is 9.58. The predicted octanol–water partition coefficient (Wildman–Crippen LogP) is 1.94. The van der Waals surface area contributed by atoms with Crippen molar-refractivity contribution in [3.63, 3.8) is 0 Å². The molecule has 1 aliphatic heterocycles. The summed E-state index contributed by atoms with van der Waals surface area (Å²) in [7, 11) is -3.33. The van der Waals surface area contributed by atoms with E-state index in [4.69, 9.17) is 5.73 Å². The SMILES string of the molecule is Cl.Nc1ccc(CCNS(=O)(=O)N2CCCCCC2)cc1. The first-order valence-electron chi connectivity index (χ1n) is 7.17. The summed E-state index contributed by atoms with van der Waals surface area (Å²) in [5, 5.41) is 0. The van der Waals surface area contributed by atoms with Crippen molar-refractivity contribution in [3.05, 3.63) is 29.8 Å². The Morgan fingerprint density at radius 2 is 1.62 bits per heavy atom. The number of rotatable bonds is 5. The molecule has 3 N–H and O–H groups in total. The Hall–Kier alpha value is -0.820. The minimum Gasteiger partial charge on any atom is -0.399 e. The van der Waals surface area contributed by atoms with Crippen molar-refractivity contribution >= 4 is 28.3 Å². The average molecular weight is 334 g/mol. The van der Waals surface area contributed by atoms with Crippen LogP contribution < -0.4 is 10.5 Å². The van der Waals surface area contributed by atoms with Crippen molar-refractivity contribution in [1.82, 2.24) is 9.03 Å². The predicted molar refractivity (Wildman–Crippen MR) is 88.8 cm³/mol. The van der Waals surface area contributed by atoms with Crippen LogP contribution in [0.5, 0.6) is 0 Å². The molecule has 1 fully saturated rings. The first-order valence-corrected chi connectivity index (χ1v) is 8.61. The van der Waals surface area contributed by atoms with Crippen LogP contribution in [0.25, 0.3) is 0 Å². The molecule has 0 unspecified atom stereocenters. The van der Waals surface area contributed by atoms with Crippen molar-refractivity contribution in [2.45, 2.75) is 32.1 Å². The van der Waals surface area contributed by atoms with Crippen LogP contribution >= 0.6 is 12.4 Å². The molecule has 21 heavy (non-hydrogen) atoms. The third-order valence-corrected chi connectivity index (χ3v) is 5.20. The van der Waals surface area contributed by atoms with Crippen LogP contribution in [-0.2, 0) is 16.6 Å². The van der Waals surface area contributed by atoms with Crippen LogP contribution in [0.2, 0.25) is 0 Å². The van der Waals surface area contributed by atoms with Crippen LogP contribution in [-0.4, -0.2) is 32.4 Å². The molecule has 0 radical (unpaired) electrons. The third-order valence-electron chi connectivity index (χ3n) is 3.58. The zero-order chi connectivity index (χ0) is 14.4. The molecule has 0 saturated carbocycles. The highest BCUT2D eigenvalue weighted by atomic mass is 35.5. The molecule has 0 aromatic heterocycles. The van der Waals surface area contributed by atoms with E-state index in [9.17, 15) is 8.42 Å². The van der Waals surface area contributed by atoms with Gasteiger partial charge in [0.1, 0.15) is 0 Å². The van der Waals surface area contributed by atoms with Crippen molar-refractivity contribution < 1.29 is 8.42 Å². The van der Waals surface area contributed by atoms with Crippen LogP contribution in [0, 0.1) is 0 Å². The van der Waals surface area contributed by atoms with E-state index in [-0.39, 0.29) is 12.4 Å². The van der Waals surface area contributed by atoms with Gasteiger partial charge in [0.25, 0.3) is 10.2 Å². The van der Waals surface area contributed by atoms with Crippen LogP contribution in [0.3, 0.4) is 0 Å². The Morgan fingerprint density at radius 1 is 1.05 bits per heavy atom. The van der Waals surface area contributed by atoms with E-state index in [1.807, 2.05) is 24.3 Å². The number of anilines is 1. The molecule has 7 heteroatoms. The fourth-order valence-electron chi connectivity index (χ4n) is 2.38. The lowest BCUT2D eigenvalue weighted by atomic mass is 10.1. The normalized spacial score (nSPS) is 17.0. The Labute approximate surface area is 133 Å². The second-order valence-electron chi connectivity index (χ2n) is 5.20. The minimum absolute atomic E-state index is 0. The van der Waals surface area contributed by atoms with E-state index >= 15 is 0 Å². The fourth-order valence-corrected chi connectivity index (χ4v) is 3.66. The number of hydrogen-bond donors (Lipinski definition) is 2. The van der Waals surface area contributed by atoms with Crippen molar-refractivity contribution in [2.24, 2.45) is 0 Å². The van der Waals surface area contributed by atoms with E-state index in [1.54, 1.807) is 4.31 Å². The Bertz CT molecular complexity index is 512. The van der Waals surface area contributed by atoms with E-state index in [2.05, 4.69) is 4.72 Å². The smallest absolute Gasteiger partial charge is 0.279 e. The maximum Gasteiger partial charge on any atom is 0.279 e. The lowest BCUT2D eigenvalue weighted by Crippen LogP contribution is -2.41. The summed E-state index contributed by atoms with van der Waals surface area (Å²) in [4.78, 5) is 0. The van der Waals surface area contributed by atoms with Gasteiger partial charge in [-0.3, -0.25) is 0 Å². The van der Waals surface area contributed by atoms with Crippen molar-refractivity contribution in [3.8, 4) is 0 Å². The molecule has 1 aliphatic rings. The highest BCUT2D eigenvalue weighted by molar-refractivity contribution is 7.87. The largest absolute Gasteiger partial charge is 0.399 e. The highest BCUT2D eigenvalue weighted by Crippen LogP contribution is 2.12. The molecule has 5 nitrogen and oxygen atoms in total. The minimum atomic E-state index is -3.33. The number of nitrogen functional groups attached to an aromatic ring is 1. The lowest BCUT2D eigenvalue weighted by molar-refractivity contribution is 0.415. The van der Waals surface area contributed by atoms with E-state index < -0.39 is 10.2 Å². The molecular weight excluding hydrogens is 310 g/mol. The summed E-state index contributed by atoms with van der Waals surface area (Å²) >= 11 is 0. The Morgan fingerprint density at radius 3 is 2.19 bits per heavy atom. The monoisotopic (exact) mass is 333 g/mol. The summed E-state index contributed by atoms with van der Waals surface area (Å²) in [5.74, 6) is 0. The summed E-state index contributed by atoms with van der Waals surface area (Å²) in [6.07, 6.45) is 4.83. The fraction of sp³-hybridized carbons (Fsp3) is 0.571. The topological polar surface area (TPSA) is 75.4 Å². The van der Waals surface area contributed by atoms with Gasteiger partial charge in [0.2, 0.25) is 0 Å². The van der Waals surface area contributed by atoms with Gasteiger partial charge in [-0.25, -0.2) is 4.72 Å². The Balaban J connectivity index is 0.00000220. The van der Waals surface area contributed by atoms with Gasteiger partial charge in [-0.15, -0.1) is 12.4 Å². The van der Waals surface area contributed by atoms with Gasteiger partial charge in [-0.05, 0) is 37.0 Å². The summed E-state index contributed by atoms with van der Waals surface area (Å²) in [5.41, 5.74) is 7.42. The average Bonchev–Trinajstić information content (AvgIpc) is 2.70. The van der Waals surface area contributed by atoms with Crippen LogP contribution in [0.15, 0.2) is 24.3 Å². The summed E-state index contributed by atoms with van der Waals surface area (Å²) < 4.78 is 28.6. The van der Waals surface area contributed by atoms with Gasteiger partial charge in [0.05, 0.1) is 0 Å². The quantitative estimate of drug-likeness (QED) is 0.809. The molecule has 0 atom stereocenters. The molecule has 1 saturated heterocycles. The summed E-state index contributed by atoms with van der Waals surface area (Å²) in [6.45, 7) is 1.69. The number of nitrogens with zero attached hydrogens (tertiary/aromatic N) is 1. The van der Waals surface area contributed by atoms with Crippen LogP contribution in [0.4, 0.5) is 5.69 Å². The lowest BCUT2D eigenvalue weighted by Gasteiger charge is -2.20. The Kier molecular flexibility index (Phi) is 7.45. The van der Waals surface area contributed by atoms with Gasteiger partial charge in [0.15, 0.2) is 0 Å². The standard InChI is InChI=1S/C14H23N3O2S.ClH/c15-14-7-5-13(6-8-14)9-10-16-20(18,19)17-11-3-1-2-4-12-17;/h5-8,16H,1-4,9-12,15H2;1H.